The Bertz CT molecular complexity index is 1110. The first-order valence-electron chi connectivity index (χ1n) is 7.74. The van der Waals surface area contributed by atoms with Crippen LogP contribution in [-0.2, 0) is 0 Å². The molecule has 2 aromatic heterocycles. The van der Waals surface area contributed by atoms with Crippen LogP contribution in [-0.4, -0.2) is 26.2 Å². The van der Waals surface area contributed by atoms with E-state index in [1.54, 1.807) is 6.07 Å². The van der Waals surface area contributed by atoms with Gasteiger partial charge in [-0.05, 0) is 23.8 Å². The van der Waals surface area contributed by atoms with E-state index in [0.717, 1.165) is 21.3 Å². The summed E-state index contributed by atoms with van der Waals surface area (Å²) >= 11 is 1.52. The van der Waals surface area contributed by atoms with Gasteiger partial charge in [0.15, 0.2) is 0 Å². The van der Waals surface area contributed by atoms with Gasteiger partial charge in [-0.25, -0.2) is 14.8 Å². The summed E-state index contributed by atoms with van der Waals surface area (Å²) in [5.74, 6) is -0.895. The maximum atomic E-state index is 11.2. The first-order chi connectivity index (χ1) is 12.6. The highest BCUT2D eigenvalue weighted by molar-refractivity contribution is 7.17. The van der Waals surface area contributed by atoms with Gasteiger partial charge >= 0.3 is 5.97 Å². The quantitative estimate of drug-likeness (QED) is 0.462. The summed E-state index contributed by atoms with van der Waals surface area (Å²) in [7, 11) is 0. The molecule has 3 N–H and O–H groups in total. The van der Waals surface area contributed by atoms with Gasteiger partial charge in [0.2, 0.25) is 0 Å². The molecule has 0 aliphatic carbocycles. The number of anilines is 2. The van der Waals surface area contributed by atoms with Crippen molar-refractivity contribution in [2.45, 2.75) is 0 Å². The predicted molar refractivity (Wildman–Crippen MR) is 101 cm³/mol. The molecule has 26 heavy (non-hydrogen) atoms. The number of rotatable bonds is 4. The lowest BCUT2D eigenvalue weighted by Crippen LogP contribution is -2.00. The van der Waals surface area contributed by atoms with Gasteiger partial charge in [0.05, 0.1) is 5.39 Å². The van der Waals surface area contributed by atoms with Crippen molar-refractivity contribution >= 4 is 39.0 Å². The van der Waals surface area contributed by atoms with Gasteiger partial charge in [-0.15, -0.1) is 11.3 Å². The number of hydrogen-bond donors (Lipinski definition) is 3. The van der Waals surface area contributed by atoms with Crippen molar-refractivity contribution in [2.24, 2.45) is 0 Å². The monoisotopic (exact) mass is 363 g/mol. The summed E-state index contributed by atoms with van der Waals surface area (Å²) in [6, 6.07) is 14.2. The minimum Gasteiger partial charge on any atom is -0.507 e. The van der Waals surface area contributed by atoms with Crippen LogP contribution in [0.15, 0.2) is 60.2 Å². The second-order valence-corrected chi connectivity index (χ2v) is 6.44. The Balaban J connectivity index is 1.82. The smallest absolute Gasteiger partial charge is 0.339 e. The molecule has 2 aromatic carbocycles. The van der Waals surface area contributed by atoms with Gasteiger partial charge in [0.25, 0.3) is 0 Å². The second-order valence-electron chi connectivity index (χ2n) is 5.58. The molecule has 0 radical (unpaired) electrons. The lowest BCUT2D eigenvalue weighted by Gasteiger charge is -2.10. The van der Waals surface area contributed by atoms with E-state index in [1.165, 1.54) is 29.8 Å². The SMILES string of the molecule is O=C(O)c1cc(Nc2ncnc3scc(-c4ccccc4)c23)ccc1O. The highest BCUT2D eigenvalue weighted by Gasteiger charge is 2.15. The minimum absolute atomic E-state index is 0.172. The normalized spacial score (nSPS) is 10.8. The van der Waals surface area contributed by atoms with E-state index in [4.69, 9.17) is 0 Å². The lowest BCUT2D eigenvalue weighted by atomic mass is 10.1. The van der Waals surface area contributed by atoms with E-state index < -0.39 is 5.97 Å². The summed E-state index contributed by atoms with van der Waals surface area (Å²) in [4.78, 5) is 20.7. The summed E-state index contributed by atoms with van der Waals surface area (Å²) in [6.07, 6.45) is 1.47. The Morgan fingerprint density at radius 1 is 1.08 bits per heavy atom. The van der Waals surface area contributed by atoms with Gasteiger partial charge in [-0.3, -0.25) is 0 Å². The van der Waals surface area contributed by atoms with Crippen LogP contribution in [0.5, 0.6) is 5.75 Å². The van der Waals surface area contributed by atoms with E-state index in [1.807, 2.05) is 35.7 Å². The molecule has 4 aromatic rings. The zero-order valence-electron chi connectivity index (χ0n) is 13.4. The van der Waals surface area contributed by atoms with Gasteiger partial charge in [0.1, 0.15) is 28.3 Å². The molecule has 0 aliphatic rings. The maximum Gasteiger partial charge on any atom is 0.339 e. The van der Waals surface area contributed by atoms with Gasteiger partial charge in [-0.2, -0.15) is 0 Å². The Kier molecular flexibility index (Phi) is 3.98. The molecule has 0 bridgehead atoms. The van der Waals surface area contributed by atoms with Crippen molar-refractivity contribution in [3.8, 4) is 16.9 Å². The van der Waals surface area contributed by atoms with Crippen LogP contribution in [0, 0.1) is 0 Å². The lowest BCUT2D eigenvalue weighted by molar-refractivity contribution is 0.0694. The topological polar surface area (TPSA) is 95.3 Å². The molecule has 0 aliphatic heterocycles. The molecule has 4 rings (SSSR count). The number of thiophene rings is 1. The minimum atomic E-state index is -1.19. The molecular weight excluding hydrogens is 350 g/mol. The number of phenols is 1. The van der Waals surface area contributed by atoms with Gasteiger partial charge in [-0.1, -0.05) is 30.3 Å². The summed E-state index contributed by atoms with van der Waals surface area (Å²) in [5, 5.41) is 24.9. The molecule has 0 saturated carbocycles. The van der Waals surface area contributed by atoms with E-state index in [-0.39, 0.29) is 11.3 Å². The summed E-state index contributed by atoms with van der Waals surface area (Å²) < 4.78 is 0. The number of carboxylic acid groups (broad SMARTS) is 1. The molecular formula is C19H13N3O3S. The van der Waals surface area contributed by atoms with Gasteiger partial charge < -0.3 is 15.5 Å². The third kappa shape index (κ3) is 2.84. The highest BCUT2D eigenvalue weighted by Crippen LogP contribution is 2.37. The average Bonchev–Trinajstić information content (AvgIpc) is 3.09. The van der Waals surface area contributed by atoms with Crippen molar-refractivity contribution in [2.75, 3.05) is 5.32 Å². The number of nitrogens with zero attached hydrogens (tertiary/aromatic N) is 2. The number of carbonyl (C=O) groups is 1. The fraction of sp³-hybridized carbons (Fsp3) is 0. The average molecular weight is 363 g/mol. The van der Waals surface area contributed by atoms with Crippen molar-refractivity contribution in [3.63, 3.8) is 0 Å². The van der Waals surface area contributed by atoms with Crippen LogP contribution in [0.4, 0.5) is 11.5 Å². The maximum absolute atomic E-state index is 11.2. The number of aromatic carboxylic acids is 1. The first-order valence-corrected chi connectivity index (χ1v) is 8.62. The van der Waals surface area contributed by atoms with Crippen molar-refractivity contribution in [3.05, 3.63) is 65.8 Å². The Morgan fingerprint density at radius 2 is 1.88 bits per heavy atom. The predicted octanol–water partition coefficient (Wildman–Crippen LogP) is 4.51. The molecule has 0 atom stereocenters. The Hall–Kier alpha value is -3.45. The molecule has 2 heterocycles. The third-order valence-electron chi connectivity index (χ3n) is 3.94. The zero-order valence-corrected chi connectivity index (χ0v) is 14.2. The number of hydrogen-bond acceptors (Lipinski definition) is 6. The standard InChI is InChI=1S/C19H13N3O3S/c23-15-7-6-12(8-13(15)19(24)25)22-17-16-14(11-4-2-1-3-5-11)9-26-18(16)21-10-20-17/h1-10,23H,(H,24,25)(H,20,21,22). The first kappa shape index (κ1) is 16.0. The van der Waals surface area contributed by atoms with E-state index in [2.05, 4.69) is 15.3 Å². The van der Waals surface area contributed by atoms with E-state index in [9.17, 15) is 15.0 Å². The third-order valence-corrected chi connectivity index (χ3v) is 4.83. The molecule has 7 heteroatoms. The van der Waals surface area contributed by atoms with Crippen molar-refractivity contribution < 1.29 is 15.0 Å². The van der Waals surface area contributed by atoms with Crippen LogP contribution in [0.2, 0.25) is 0 Å². The number of carboxylic acids is 1. The Labute approximate surface area is 152 Å². The molecule has 128 valence electrons. The zero-order chi connectivity index (χ0) is 18.1. The molecule has 0 saturated heterocycles. The van der Waals surface area contributed by atoms with E-state index in [0.29, 0.717) is 11.5 Å². The van der Waals surface area contributed by atoms with Crippen LogP contribution in [0.3, 0.4) is 0 Å². The molecule has 0 spiro atoms. The molecule has 0 fully saturated rings. The summed E-state index contributed by atoms with van der Waals surface area (Å²) in [6.45, 7) is 0. The molecule has 0 amide bonds. The van der Waals surface area contributed by atoms with Crippen molar-refractivity contribution in [1.82, 2.24) is 9.97 Å². The number of aromatic nitrogens is 2. The molecule has 0 unspecified atom stereocenters. The van der Waals surface area contributed by atoms with Crippen LogP contribution >= 0.6 is 11.3 Å². The number of nitrogens with one attached hydrogen (secondary N) is 1. The van der Waals surface area contributed by atoms with Crippen LogP contribution in [0.1, 0.15) is 10.4 Å². The van der Waals surface area contributed by atoms with Gasteiger partial charge in [0, 0.05) is 16.6 Å². The molecule has 6 nitrogen and oxygen atoms in total. The fourth-order valence-corrected chi connectivity index (χ4v) is 3.64. The Morgan fingerprint density at radius 3 is 2.65 bits per heavy atom. The highest BCUT2D eigenvalue weighted by atomic mass is 32.1. The summed E-state index contributed by atoms with van der Waals surface area (Å²) in [5.41, 5.74) is 2.40. The number of aromatic hydroxyl groups is 1. The van der Waals surface area contributed by atoms with Crippen LogP contribution < -0.4 is 5.32 Å². The fourth-order valence-electron chi connectivity index (χ4n) is 2.72. The number of benzene rings is 2. The van der Waals surface area contributed by atoms with Crippen LogP contribution in [0.25, 0.3) is 21.3 Å². The van der Waals surface area contributed by atoms with Crippen molar-refractivity contribution in [1.29, 1.82) is 0 Å². The largest absolute Gasteiger partial charge is 0.507 e. The second kappa shape index (κ2) is 6.45. The number of fused-ring (bicyclic) bond motifs is 1. The van der Waals surface area contributed by atoms with E-state index >= 15 is 0 Å².